The molecule has 15 heteroatoms. The van der Waals surface area contributed by atoms with Gasteiger partial charge in [0.2, 0.25) is 6.33 Å². The Balaban J connectivity index is 0.000000712. The van der Waals surface area contributed by atoms with Crippen molar-refractivity contribution < 1.29 is 57.1 Å². The second kappa shape index (κ2) is 15.2. The molecule has 0 fully saturated rings. The first-order chi connectivity index (χ1) is 16.9. The molecule has 1 rings (SSSR count). The van der Waals surface area contributed by atoms with Crippen molar-refractivity contribution in [2.45, 2.75) is 121 Å². The van der Waals surface area contributed by atoms with Crippen LogP contribution in [0.15, 0.2) is 18.7 Å². The molecule has 220 valence electrons. The van der Waals surface area contributed by atoms with Crippen LogP contribution in [0.2, 0.25) is 0 Å². The summed E-state index contributed by atoms with van der Waals surface area (Å²) < 4.78 is 140. The van der Waals surface area contributed by atoms with E-state index in [-0.39, 0.29) is 0 Å². The van der Waals surface area contributed by atoms with Crippen molar-refractivity contribution >= 4 is 10.1 Å². The van der Waals surface area contributed by atoms with Gasteiger partial charge in [0, 0.05) is 0 Å². The molecular formula is C22H35F9N2O3S. The van der Waals surface area contributed by atoms with E-state index >= 15 is 0 Å². The molecule has 0 N–H and O–H groups in total. The number of unbranched alkanes of at least 4 members (excludes halogenated alkanes) is 9. The minimum Gasteiger partial charge on any atom is -0.743 e. The summed E-state index contributed by atoms with van der Waals surface area (Å²) in [5.74, 6) is -14.8. The Morgan fingerprint density at radius 1 is 0.730 bits per heavy atom. The topological polar surface area (TPSA) is 66.0 Å². The molecule has 0 saturated carbocycles. The monoisotopic (exact) mass is 578 g/mol. The summed E-state index contributed by atoms with van der Waals surface area (Å²) in [6, 6.07) is 0. The summed E-state index contributed by atoms with van der Waals surface area (Å²) in [5, 5.41) is -7.11. The van der Waals surface area contributed by atoms with Crippen molar-refractivity contribution in [2.24, 2.45) is 0 Å². The first-order valence-corrected chi connectivity index (χ1v) is 13.5. The van der Waals surface area contributed by atoms with Gasteiger partial charge in [0.15, 0.2) is 10.1 Å². The molecule has 0 bridgehead atoms. The lowest BCUT2D eigenvalue weighted by atomic mass is 10.1. The molecular weight excluding hydrogens is 543 g/mol. The Hall–Kier alpha value is -1.51. The van der Waals surface area contributed by atoms with Gasteiger partial charge >= 0.3 is 23.3 Å². The number of hydrogen-bond donors (Lipinski definition) is 0. The number of alkyl halides is 9. The van der Waals surface area contributed by atoms with E-state index in [1.54, 1.807) is 0 Å². The summed E-state index contributed by atoms with van der Waals surface area (Å²) >= 11 is 0. The number of hydrogen-bond acceptors (Lipinski definition) is 3. The largest absolute Gasteiger partial charge is 0.743 e. The van der Waals surface area contributed by atoms with E-state index in [1.807, 2.05) is 0 Å². The number of halogens is 9. The lowest BCUT2D eigenvalue weighted by molar-refractivity contribution is -0.696. The fourth-order valence-electron chi connectivity index (χ4n) is 3.19. The van der Waals surface area contributed by atoms with Gasteiger partial charge in [-0.05, 0) is 25.7 Å². The van der Waals surface area contributed by atoms with Crippen molar-refractivity contribution in [3.63, 3.8) is 0 Å². The molecule has 37 heavy (non-hydrogen) atoms. The van der Waals surface area contributed by atoms with Crippen LogP contribution in [0.3, 0.4) is 0 Å². The second-order valence-electron chi connectivity index (χ2n) is 8.69. The average molecular weight is 579 g/mol. The van der Waals surface area contributed by atoms with E-state index in [4.69, 9.17) is 0 Å². The predicted molar refractivity (Wildman–Crippen MR) is 117 cm³/mol. The highest BCUT2D eigenvalue weighted by atomic mass is 32.2. The summed E-state index contributed by atoms with van der Waals surface area (Å²) in [5.41, 5.74) is 0. The number of aromatic nitrogens is 2. The third-order valence-corrected chi connectivity index (χ3v) is 6.35. The Kier molecular flexibility index (Phi) is 14.6. The van der Waals surface area contributed by atoms with Crippen molar-refractivity contribution in [3.05, 3.63) is 18.7 Å². The highest BCUT2D eigenvalue weighted by Gasteiger charge is 2.83. The summed E-state index contributed by atoms with van der Waals surface area (Å²) in [7, 11) is -7.42. The van der Waals surface area contributed by atoms with E-state index in [0.717, 1.165) is 0 Å². The van der Waals surface area contributed by atoms with Crippen LogP contribution in [0.25, 0.3) is 0 Å². The van der Waals surface area contributed by atoms with Gasteiger partial charge in [0.25, 0.3) is 0 Å². The Bertz CT molecular complexity index is 873. The highest BCUT2D eigenvalue weighted by Crippen LogP contribution is 2.54. The molecule has 0 amide bonds. The molecule has 1 aromatic heterocycles. The van der Waals surface area contributed by atoms with E-state index in [0.29, 0.717) is 0 Å². The van der Waals surface area contributed by atoms with Crippen molar-refractivity contribution in [1.29, 1.82) is 0 Å². The highest BCUT2D eigenvalue weighted by molar-refractivity contribution is 7.86. The van der Waals surface area contributed by atoms with Crippen LogP contribution in [0.4, 0.5) is 39.5 Å². The van der Waals surface area contributed by atoms with Gasteiger partial charge in [-0.15, -0.1) is 0 Å². The number of nitrogens with zero attached hydrogens (tertiary/aromatic N) is 2. The summed E-state index contributed by atoms with van der Waals surface area (Å²) in [6.07, 6.45) is 14.7. The molecule has 0 unspecified atom stereocenters. The number of imidazole rings is 1. The molecule has 0 atom stereocenters. The molecule has 0 spiro atoms. The molecule has 1 heterocycles. The SMILES string of the molecule is CCCCCCCCCCn1cc[n+](CCCCC)c1.O=S(=O)([O-])C(F)(F)C(F)(F)C(F)(F)C(F)(F)F. The smallest absolute Gasteiger partial charge is 0.460 e. The zero-order chi connectivity index (χ0) is 29.0. The molecule has 0 saturated heterocycles. The molecule has 0 aliphatic heterocycles. The predicted octanol–water partition coefficient (Wildman–Crippen LogP) is 7.06. The van der Waals surface area contributed by atoms with E-state index in [9.17, 15) is 52.5 Å². The third-order valence-electron chi connectivity index (χ3n) is 5.47. The van der Waals surface area contributed by atoms with Crippen LogP contribution < -0.4 is 4.57 Å². The van der Waals surface area contributed by atoms with Gasteiger partial charge in [-0.25, -0.2) is 17.6 Å². The maximum atomic E-state index is 12.2. The van der Waals surface area contributed by atoms with Gasteiger partial charge in [-0.1, -0.05) is 58.8 Å². The quantitative estimate of drug-likeness (QED) is 0.0913. The first-order valence-electron chi connectivity index (χ1n) is 12.1. The molecule has 5 nitrogen and oxygen atoms in total. The second-order valence-corrected chi connectivity index (χ2v) is 10.1. The first kappa shape index (κ1) is 35.5. The lowest BCUT2D eigenvalue weighted by Gasteiger charge is -2.34. The molecule has 0 aliphatic carbocycles. The molecule has 1 aromatic rings. The van der Waals surface area contributed by atoms with Gasteiger partial charge in [-0.2, -0.15) is 39.5 Å². The molecule has 0 aromatic carbocycles. The fraction of sp³-hybridized carbons (Fsp3) is 0.864. The Labute approximate surface area is 211 Å². The number of rotatable bonds is 16. The van der Waals surface area contributed by atoms with Gasteiger partial charge in [0.05, 0.1) is 13.1 Å². The molecule has 0 aliphatic rings. The van der Waals surface area contributed by atoms with Crippen LogP contribution >= 0.6 is 0 Å². The lowest BCUT2D eigenvalue weighted by Crippen LogP contribution is -2.63. The van der Waals surface area contributed by atoms with Crippen LogP contribution in [0, 0.1) is 0 Å². The molecule has 0 radical (unpaired) electrons. The van der Waals surface area contributed by atoms with Crippen molar-refractivity contribution in [3.8, 4) is 0 Å². The van der Waals surface area contributed by atoms with Gasteiger partial charge < -0.3 is 4.55 Å². The Morgan fingerprint density at radius 2 is 1.19 bits per heavy atom. The number of aryl methyl sites for hydroxylation is 2. The third kappa shape index (κ3) is 10.6. The zero-order valence-corrected chi connectivity index (χ0v) is 21.7. The Morgan fingerprint density at radius 3 is 1.65 bits per heavy atom. The van der Waals surface area contributed by atoms with Crippen molar-refractivity contribution in [2.75, 3.05) is 0 Å². The van der Waals surface area contributed by atoms with E-state index in [2.05, 4.69) is 41.7 Å². The standard InChI is InChI=1S/C18H35N2.C4HF9O3S/c1-3-5-7-8-9-10-11-13-15-20-17-16-19(18-20)14-12-6-4-2;5-1(6,3(9,10)11)2(7,8)4(12,13)17(14,15)16/h16-18H,3-15H2,1-2H3;(H,14,15,16)/q+1;/p-1. The minimum atomic E-state index is -7.43. The summed E-state index contributed by atoms with van der Waals surface area (Å²) in [4.78, 5) is 0. The minimum absolute atomic E-state index is 1.18. The fourth-order valence-corrected chi connectivity index (χ4v) is 3.64. The van der Waals surface area contributed by atoms with Crippen molar-refractivity contribution in [1.82, 2.24) is 4.57 Å². The zero-order valence-electron chi connectivity index (χ0n) is 20.9. The van der Waals surface area contributed by atoms with Crippen LogP contribution in [0.5, 0.6) is 0 Å². The van der Waals surface area contributed by atoms with Crippen LogP contribution in [0.1, 0.15) is 84.5 Å². The maximum absolute atomic E-state index is 12.2. The van der Waals surface area contributed by atoms with Crippen LogP contribution in [-0.4, -0.2) is 40.8 Å². The van der Waals surface area contributed by atoms with Crippen LogP contribution in [-0.2, 0) is 23.2 Å². The normalized spacial score (nSPS) is 13.4. The average Bonchev–Trinajstić information content (AvgIpc) is 3.22. The van der Waals surface area contributed by atoms with E-state index < -0.39 is 33.4 Å². The maximum Gasteiger partial charge on any atom is 0.460 e. The van der Waals surface area contributed by atoms with Gasteiger partial charge in [-0.3, -0.25) is 0 Å². The van der Waals surface area contributed by atoms with Gasteiger partial charge in [0.1, 0.15) is 12.4 Å². The van der Waals surface area contributed by atoms with E-state index in [1.165, 1.54) is 83.7 Å². The summed E-state index contributed by atoms with van der Waals surface area (Å²) in [6.45, 7) is 6.91.